The van der Waals surface area contributed by atoms with E-state index in [4.69, 9.17) is 34.3 Å². The van der Waals surface area contributed by atoms with Crippen molar-refractivity contribution in [1.82, 2.24) is 25.1 Å². The molecule has 10 nitrogen and oxygen atoms in total. The maximum atomic E-state index is 13.1. The molecule has 0 radical (unpaired) electrons. The molecular weight excluding hydrogens is 479 g/mol. The molecule has 2 aromatic heterocycles. The van der Waals surface area contributed by atoms with Crippen molar-refractivity contribution in [3.63, 3.8) is 0 Å². The summed E-state index contributed by atoms with van der Waals surface area (Å²) in [6, 6.07) is 4.91. The van der Waals surface area contributed by atoms with Gasteiger partial charge in [-0.05, 0) is 43.9 Å². The number of benzene rings is 1. The van der Waals surface area contributed by atoms with Crippen LogP contribution in [0.5, 0.6) is 5.75 Å². The Morgan fingerprint density at radius 3 is 2.74 bits per heavy atom. The minimum absolute atomic E-state index is 0.0597. The molecule has 12 heteroatoms. The molecule has 1 amide bonds. The summed E-state index contributed by atoms with van der Waals surface area (Å²) in [7, 11) is 0. The van der Waals surface area contributed by atoms with Crippen LogP contribution in [0.1, 0.15) is 34.6 Å². The Kier molecular flexibility index (Phi) is 5.57. The number of hydrogen-bond donors (Lipinski definition) is 4. The Morgan fingerprint density at radius 1 is 1.26 bits per heavy atom. The van der Waals surface area contributed by atoms with E-state index in [9.17, 15) is 9.90 Å². The average molecular weight is 501 g/mol. The second kappa shape index (κ2) is 8.44. The van der Waals surface area contributed by atoms with E-state index in [1.165, 1.54) is 6.20 Å². The van der Waals surface area contributed by atoms with E-state index in [0.717, 1.165) is 12.8 Å². The lowest BCUT2D eigenvalue weighted by Gasteiger charge is -2.29. The summed E-state index contributed by atoms with van der Waals surface area (Å²) in [6.45, 7) is 2.40. The molecule has 5 N–H and O–H groups in total. The first kappa shape index (κ1) is 22.4. The number of aryl methyl sites for hydroxylation is 1. The van der Waals surface area contributed by atoms with Crippen molar-refractivity contribution in [3.8, 4) is 11.4 Å². The van der Waals surface area contributed by atoms with Crippen molar-refractivity contribution >= 4 is 40.8 Å². The first-order valence-electron chi connectivity index (χ1n) is 10.7. The van der Waals surface area contributed by atoms with Gasteiger partial charge in [0.15, 0.2) is 11.6 Å². The molecule has 1 saturated carbocycles. The molecule has 1 aliphatic heterocycles. The number of piperidine rings is 1. The van der Waals surface area contributed by atoms with Gasteiger partial charge >= 0.3 is 0 Å². The zero-order valence-electron chi connectivity index (χ0n) is 18.2. The number of anilines is 1. The number of rotatable bonds is 5. The third-order valence-electron chi connectivity index (χ3n) is 6.48. The van der Waals surface area contributed by atoms with Gasteiger partial charge in [0.1, 0.15) is 18.0 Å². The maximum absolute atomic E-state index is 13.1. The molecule has 1 saturated heterocycles. The van der Waals surface area contributed by atoms with Gasteiger partial charge in [-0.1, -0.05) is 23.2 Å². The highest BCUT2D eigenvalue weighted by Gasteiger charge is 2.49. The van der Waals surface area contributed by atoms with Crippen LogP contribution < -0.4 is 16.0 Å². The molecule has 2 fully saturated rings. The number of nitrogens with two attached hydrogens (primary N) is 1. The number of halogens is 2. The Morgan fingerprint density at radius 2 is 2.06 bits per heavy atom. The lowest BCUT2D eigenvalue weighted by atomic mass is 10.1. The van der Waals surface area contributed by atoms with E-state index in [-0.39, 0.29) is 46.1 Å². The molecule has 2 aliphatic rings. The summed E-state index contributed by atoms with van der Waals surface area (Å²) in [6.07, 6.45) is 4.74. The topological polar surface area (TPSA) is 146 Å². The average Bonchev–Trinajstić information content (AvgIpc) is 3.48. The summed E-state index contributed by atoms with van der Waals surface area (Å²) in [5.74, 6) is 0.303. The van der Waals surface area contributed by atoms with Crippen LogP contribution in [0.3, 0.4) is 0 Å². The van der Waals surface area contributed by atoms with E-state index in [0.29, 0.717) is 34.5 Å². The monoisotopic (exact) mass is 500 g/mol. The van der Waals surface area contributed by atoms with Gasteiger partial charge in [0.2, 0.25) is 0 Å². The van der Waals surface area contributed by atoms with E-state index in [1.807, 2.05) is 4.90 Å². The van der Waals surface area contributed by atoms with E-state index < -0.39 is 0 Å². The first-order chi connectivity index (χ1) is 16.2. The van der Waals surface area contributed by atoms with Crippen LogP contribution in [-0.2, 0) is 0 Å². The number of nitrogens with one attached hydrogen (secondary N) is 2. The number of carbonyl (C=O) groups is 1. The van der Waals surface area contributed by atoms with Crippen LogP contribution in [0.25, 0.3) is 5.69 Å². The number of carbonyl (C=O) groups excluding carboxylic acids is 1. The number of aromatic hydroxyl groups is 1. The Balaban J connectivity index is 1.36. The van der Waals surface area contributed by atoms with Crippen LogP contribution >= 0.6 is 23.2 Å². The lowest BCUT2D eigenvalue weighted by molar-refractivity contribution is 0.0932. The summed E-state index contributed by atoms with van der Waals surface area (Å²) in [5, 5.41) is 26.2. The smallest absolute Gasteiger partial charge is 0.253 e. The summed E-state index contributed by atoms with van der Waals surface area (Å²) in [5.41, 5.74) is 6.73. The number of fused-ring (bicyclic) bond motifs is 2. The van der Waals surface area contributed by atoms with Gasteiger partial charge in [0.05, 0.1) is 38.9 Å². The fourth-order valence-electron chi connectivity index (χ4n) is 4.92. The molecule has 3 unspecified atom stereocenters. The number of nitrogen functional groups attached to an aromatic ring is 1. The highest BCUT2D eigenvalue weighted by Crippen LogP contribution is 2.44. The normalized spacial score (nSPS) is 21.1. The molecule has 5 rings (SSSR count). The zero-order valence-corrected chi connectivity index (χ0v) is 19.7. The molecule has 3 heterocycles. The third kappa shape index (κ3) is 3.72. The molecule has 1 aromatic carbocycles. The Bertz CT molecular complexity index is 1310. The second-order valence-corrected chi connectivity index (χ2v) is 9.34. The first-order valence-corrected chi connectivity index (χ1v) is 11.5. The predicted octanol–water partition coefficient (Wildman–Crippen LogP) is 2.66. The van der Waals surface area contributed by atoms with Gasteiger partial charge in [0, 0.05) is 12.7 Å². The Labute approximate surface area is 205 Å². The highest BCUT2D eigenvalue weighted by molar-refractivity contribution is 6.34. The highest BCUT2D eigenvalue weighted by atomic mass is 35.5. The van der Waals surface area contributed by atoms with Crippen LogP contribution in [0.4, 0.5) is 5.82 Å². The van der Waals surface area contributed by atoms with Crippen LogP contribution in [0, 0.1) is 18.3 Å². The standard InChI is InChI=1S/C22H22Cl2N8O2/c1-10-28-9-32(30-10)12-3-4-13(14(23)6-12)22(34)29-18-11-2-5-16(18)31(8-11)21-19(33)17(20(25)26)15(24)7-27-21/h3-4,6-7,9,11,16,18,33H,2,5,8H2,1H3,(H3,25,26)(H,29,34). The molecular formula is C22H22Cl2N8O2. The summed E-state index contributed by atoms with van der Waals surface area (Å²) < 4.78 is 1.60. The molecule has 1 aliphatic carbocycles. The van der Waals surface area contributed by atoms with Crippen LogP contribution in [0.15, 0.2) is 30.7 Å². The van der Waals surface area contributed by atoms with Crippen molar-refractivity contribution in [3.05, 3.63) is 57.7 Å². The molecule has 3 aromatic rings. The van der Waals surface area contributed by atoms with Gasteiger partial charge in [0.25, 0.3) is 5.91 Å². The number of amides is 1. The number of nitrogens with zero attached hydrogens (tertiary/aromatic N) is 5. The number of amidine groups is 1. The van der Waals surface area contributed by atoms with Crippen LogP contribution in [0.2, 0.25) is 10.0 Å². The van der Waals surface area contributed by atoms with E-state index >= 15 is 0 Å². The van der Waals surface area contributed by atoms with Gasteiger partial charge in [-0.3, -0.25) is 10.2 Å². The van der Waals surface area contributed by atoms with Gasteiger partial charge < -0.3 is 21.1 Å². The predicted molar refractivity (Wildman–Crippen MR) is 128 cm³/mol. The third-order valence-corrected chi connectivity index (χ3v) is 7.08. The fraction of sp³-hybridized carbons (Fsp3) is 0.318. The van der Waals surface area contributed by atoms with Crippen molar-refractivity contribution < 1.29 is 9.90 Å². The minimum Gasteiger partial charge on any atom is -0.504 e. The Hall–Kier alpha value is -3.37. The quantitative estimate of drug-likeness (QED) is 0.311. The largest absolute Gasteiger partial charge is 0.504 e. The summed E-state index contributed by atoms with van der Waals surface area (Å²) >= 11 is 12.5. The fourth-order valence-corrected chi connectivity index (χ4v) is 5.42. The van der Waals surface area contributed by atoms with Gasteiger partial charge in [-0.2, -0.15) is 5.10 Å². The number of pyridine rings is 1. The second-order valence-electron chi connectivity index (χ2n) is 8.52. The zero-order chi connectivity index (χ0) is 24.1. The van der Waals surface area contributed by atoms with Gasteiger partial charge in [-0.15, -0.1) is 0 Å². The van der Waals surface area contributed by atoms with Crippen molar-refractivity contribution in [2.75, 3.05) is 11.4 Å². The molecule has 0 spiro atoms. The van der Waals surface area contributed by atoms with Crippen molar-refractivity contribution in [2.45, 2.75) is 31.8 Å². The molecule has 34 heavy (non-hydrogen) atoms. The minimum atomic E-state index is -0.334. The number of hydrogen-bond acceptors (Lipinski definition) is 7. The lowest BCUT2D eigenvalue weighted by Crippen LogP contribution is -2.44. The van der Waals surface area contributed by atoms with E-state index in [2.05, 4.69) is 20.4 Å². The van der Waals surface area contributed by atoms with Crippen LogP contribution in [-0.4, -0.2) is 55.2 Å². The summed E-state index contributed by atoms with van der Waals surface area (Å²) in [4.78, 5) is 23.5. The maximum Gasteiger partial charge on any atom is 0.253 e. The molecule has 176 valence electrons. The molecule has 2 bridgehead atoms. The number of aromatic nitrogens is 4. The SMILES string of the molecule is Cc1ncn(-c2ccc(C(=O)NC3C4CCC3N(c3ncc(Cl)c(C(=N)N)c3O)C4)c(Cl)c2)n1. The van der Waals surface area contributed by atoms with Gasteiger partial charge in [-0.25, -0.2) is 14.6 Å². The van der Waals surface area contributed by atoms with Crippen molar-refractivity contribution in [1.29, 1.82) is 5.41 Å². The molecule has 3 atom stereocenters. The van der Waals surface area contributed by atoms with Crippen molar-refractivity contribution in [2.24, 2.45) is 11.7 Å². The van der Waals surface area contributed by atoms with E-state index in [1.54, 1.807) is 36.1 Å².